The third-order valence-corrected chi connectivity index (χ3v) is 10.2. The lowest BCUT2D eigenvalue weighted by Gasteiger charge is -2.31. The number of carbonyl (C=O) groups is 1. The number of nitrogens with zero attached hydrogens (tertiary/aromatic N) is 5. The van der Waals surface area contributed by atoms with E-state index >= 15 is 0 Å². The first-order valence-corrected chi connectivity index (χ1v) is 16.6. The molecule has 3 atom stereocenters. The summed E-state index contributed by atoms with van der Waals surface area (Å²) in [5.74, 6) is 0.0632. The molecule has 4 aromatic heterocycles. The van der Waals surface area contributed by atoms with Crippen molar-refractivity contribution in [3.63, 3.8) is 0 Å². The van der Waals surface area contributed by atoms with Gasteiger partial charge in [-0.1, -0.05) is 57.2 Å². The predicted octanol–water partition coefficient (Wildman–Crippen LogP) is 9.34. The molecule has 0 N–H and O–H groups in total. The van der Waals surface area contributed by atoms with E-state index in [1.807, 2.05) is 41.1 Å². The molecule has 0 radical (unpaired) electrons. The Hall–Kier alpha value is -4.09. The molecule has 2 aliphatic rings. The molecule has 1 aromatic carbocycles. The average molecular weight is 646 g/mol. The number of hydrogen-bond acceptors (Lipinski definition) is 6. The quantitative estimate of drug-likeness (QED) is 0.191. The lowest BCUT2D eigenvalue weighted by atomic mass is 9.74. The first kappa shape index (κ1) is 29.6. The summed E-state index contributed by atoms with van der Waals surface area (Å²) < 4.78 is 43.8. The van der Waals surface area contributed by atoms with E-state index in [-0.39, 0.29) is 34.9 Å². The Morgan fingerprint density at radius 1 is 1.04 bits per heavy atom. The molecule has 11 heteroatoms. The fourth-order valence-electron chi connectivity index (χ4n) is 6.33. The third kappa shape index (κ3) is 5.52. The molecule has 0 saturated heterocycles. The van der Waals surface area contributed by atoms with Crippen molar-refractivity contribution >= 4 is 46.0 Å². The van der Waals surface area contributed by atoms with E-state index in [4.69, 9.17) is 5.10 Å². The number of benzene rings is 1. The van der Waals surface area contributed by atoms with Crippen molar-refractivity contribution in [2.24, 2.45) is 16.9 Å². The molecule has 5 aromatic rings. The number of allylic oxidation sites excluding steroid dienone is 1. The van der Waals surface area contributed by atoms with Gasteiger partial charge in [-0.2, -0.15) is 23.4 Å². The smallest absolute Gasteiger partial charge is 0.265 e. The second-order valence-electron chi connectivity index (χ2n) is 12.0. The van der Waals surface area contributed by atoms with Crippen LogP contribution in [0.5, 0.6) is 0 Å². The summed E-state index contributed by atoms with van der Waals surface area (Å²) in [7, 11) is 0. The number of fused-ring (bicyclic) bond motifs is 2. The molecule has 1 amide bonds. The van der Waals surface area contributed by atoms with Crippen LogP contribution >= 0.6 is 22.7 Å². The van der Waals surface area contributed by atoms with E-state index in [2.05, 4.69) is 43.0 Å². The molecule has 0 bridgehead atoms. The first-order valence-electron chi connectivity index (χ1n) is 14.8. The van der Waals surface area contributed by atoms with Crippen LogP contribution < -0.4 is 0 Å². The van der Waals surface area contributed by atoms with E-state index in [1.54, 1.807) is 34.8 Å². The van der Waals surface area contributed by atoms with Gasteiger partial charge in [0.25, 0.3) is 5.91 Å². The van der Waals surface area contributed by atoms with Gasteiger partial charge in [-0.3, -0.25) is 4.79 Å². The van der Waals surface area contributed by atoms with Crippen molar-refractivity contribution in [2.75, 3.05) is 0 Å². The van der Waals surface area contributed by atoms with Crippen LogP contribution in [-0.2, 0) is 6.18 Å². The zero-order valence-electron chi connectivity index (χ0n) is 24.8. The average Bonchev–Trinajstić information content (AvgIpc) is 3.82. The maximum absolute atomic E-state index is 14.4. The molecule has 5 heterocycles. The van der Waals surface area contributed by atoms with Gasteiger partial charge in [-0.05, 0) is 70.8 Å². The van der Waals surface area contributed by atoms with E-state index < -0.39 is 17.8 Å². The van der Waals surface area contributed by atoms with Crippen LogP contribution in [0.2, 0.25) is 0 Å². The van der Waals surface area contributed by atoms with Gasteiger partial charge in [0, 0.05) is 27.3 Å². The maximum Gasteiger partial charge on any atom is 0.433 e. The van der Waals surface area contributed by atoms with Gasteiger partial charge in [0.15, 0.2) is 17.0 Å². The summed E-state index contributed by atoms with van der Waals surface area (Å²) in [6.45, 7) is 6.31. The minimum absolute atomic E-state index is 0.0381. The first-order chi connectivity index (χ1) is 21.6. The summed E-state index contributed by atoms with van der Waals surface area (Å²) in [5.41, 5.74) is 2.53. The Morgan fingerprint density at radius 2 is 1.80 bits per heavy atom. The molecular formula is C34H30F3N5OS2. The molecule has 1 aliphatic heterocycles. The third-order valence-electron chi connectivity index (χ3n) is 8.48. The Kier molecular flexibility index (Phi) is 7.48. The van der Waals surface area contributed by atoms with Gasteiger partial charge in [0.2, 0.25) is 0 Å². The fraction of sp³-hybridized carbons (Fsp3) is 0.294. The fourth-order valence-corrected chi connectivity index (χ4v) is 7.88. The summed E-state index contributed by atoms with van der Waals surface area (Å²) in [6.07, 6.45) is -0.900. The minimum Gasteiger partial charge on any atom is -0.265 e. The predicted molar refractivity (Wildman–Crippen MR) is 172 cm³/mol. The number of aromatic nitrogens is 3. The lowest BCUT2D eigenvalue weighted by molar-refractivity contribution is -0.142. The van der Waals surface area contributed by atoms with Crippen LogP contribution in [0.15, 0.2) is 82.1 Å². The molecule has 1 aliphatic carbocycles. The van der Waals surface area contributed by atoms with Crippen molar-refractivity contribution in [3.8, 4) is 11.3 Å². The summed E-state index contributed by atoms with van der Waals surface area (Å²) in [6, 6.07) is 17.2. The molecule has 7 rings (SSSR count). The lowest BCUT2D eigenvalue weighted by Crippen LogP contribution is -2.33. The molecule has 6 nitrogen and oxygen atoms in total. The molecule has 45 heavy (non-hydrogen) atoms. The number of alkyl halides is 3. The zero-order valence-corrected chi connectivity index (χ0v) is 26.5. The standard InChI is InChI=1S/C34H30F3N5OS2/c1-19(2)21-8-10-22(11-9-21)26-17-29(34(35,36)37)41-30(38-26)18-27(39-41)33(43)42-32(28-7-5-13-45-28)25-15-20(3)14-23(31(25)40-42)16-24-6-4-12-44-24/h4-13,16-20,25,32H,14-15H2,1-3H3/b23-16+. The van der Waals surface area contributed by atoms with Gasteiger partial charge in [0.05, 0.1) is 17.4 Å². The number of hydrazone groups is 1. The summed E-state index contributed by atoms with van der Waals surface area (Å²) in [5, 5.41) is 14.5. The normalized spacial score (nSPS) is 21.1. The zero-order chi connectivity index (χ0) is 31.5. The van der Waals surface area contributed by atoms with Crippen LogP contribution in [0.25, 0.3) is 23.0 Å². The number of thiophene rings is 2. The minimum atomic E-state index is -4.72. The molecule has 1 fully saturated rings. The molecule has 3 unspecified atom stereocenters. The summed E-state index contributed by atoms with van der Waals surface area (Å²) >= 11 is 3.18. The monoisotopic (exact) mass is 645 g/mol. The van der Waals surface area contributed by atoms with Crippen LogP contribution in [0, 0.1) is 11.8 Å². The molecule has 0 spiro atoms. The second-order valence-corrected chi connectivity index (χ2v) is 14.0. The van der Waals surface area contributed by atoms with Gasteiger partial charge >= 0.3 is 6.18 Å². The van der Waals surface area contributed by atoms with Crippen molar-refractivity contribution in [3.05, 3.63) is 104 Å². The highest BCUT2D eigenvalue weighted by atomic mass is 32.1. The Morgan fingerprint density at radius 3 is 2.47 bits per heavy atom. The Bertz CT molecular complexity index is 1920. The topological polar surface area (TPSA) is 62.9 Å². The van der Waals surface area contributed by atoms with E-state index in [1.165, 1.54) is 11.1 Å². The summed E-state index contributed by atoms with van der Waals surface area (Å²) in [4.78, 5) is 20.8. The highest BCUT2D eigenvalue weighted by molar-refractivity contribution is 7.11. The molecular weight excluding hydrogens is 616 g/mol. The number of halogens is 3. The van der Waals surface area contributed by atoms with Gasteiger partial charge in [0.1, 0.15) is 0 Å². The largest absolute Gasteiger partial charge is 0.433 e. The highest BCUT2D eigenvalue weighted by Gasteiger charge is 2.46. The number of carbonyl (C=O) groups excluding carboxylic acids is 1. The van der Waals surface area contributed by atoms with Gasteiger partial charge in [-0.15, -0.1) is 22.7 Å². The Labute approximate surface area is 266 Å². The van der Waals surface area contributed by atoms with Crippen molar-refractivity contribution in [1.29, 1.82) is 0 Å². The highest BCUT2D eigenvalue weighted by Crippen LogP contribution is 2.47. The maximum atomic E-state index is 14.4. The van der Waals surface area contributed by atoms with Crippen molar-refractivity contribution in [2.45, 2.75) is 51.7 Å². The number of amides is 1. The molecule has 230 valence electrons. The Balaban J connectivity index is 1.32. The van der Waals surface area contributed by atoms with Gasteiger partial charge in [-0.25, -0.2) is 14.5 Å². The molecule has 1 saturated carbocycles. The van der Waals surface area contributed by atoms with Crippen LogP contribution in [0.1, 0.15) is 77.1 Å². The number of hydrogen-bond donors (Lipinski definition) is 0. The van der Waals surface area contributed by atoms with Crippen molar-refractivity contribution in [1.82, 2.24) is 19.6 Å². The van der Waals surface area contributed by atoms with E-state index in [0.29, 0.717) is 11.5 Å². The number of rotatable bonds is 5. The van der Waals surface area contributed by atoms with E-state index in [0.717, 1.165) is 50.0 Å². The van der Waals surface area contributed by atoms with Crippen LogP contribution in [0.3, 0.4) is 0 Å². The van der Waals surface area contributed by atoms with Crippen LogP contribution in [-0.4, -0.2) is 31.2 Å². The van der Waals surface area contributed by atoms with E-state index in [9.17, 15) is 18.0 Å². The van der Waals surface area contributed by atoms with Crippen molar-refractivity contribution < 1.29 is 18.0 Å². The van der Waals surface area contributed by atoms with Gasteiger partial charge < -0.3 is 0 Å². The second kappa shape index (κ2) is 11.4. The van der Waals surface area contributed by atoms with Crippen LogP contribution in [0.4, 0.5) is 13.2 Å². The SMILES string of the molecule is CC1C/C(=C\c2cccs2)C2=NN(C(=O)c3cc4nc(-c5ccc(C(C)C)cc5)cc(C(F)(F)F)n4n3)C(c3cccs3)C2C1.